The van der Waals surface area contributed by atoms with Gasteiger partial charge in [-0.05, 0) is 32.1 Å². The summed E-state index contributed by atoms with van der Waals surface area (Å²) in [5.41, 5.74) is 0. The SMILES string of the molecule is CCNC(=NCC1CC1)NCCCSc1nccs1. The van der Waals surface area contributed by atoms with E-state index in [2.05, 4.69) is 27.5 Å². The molecule has 0 bridgehead atoms. The van der Waals surface area contributed by atoms with Crippen molar-refractivity contribution in [3.8, 4) is 0 Å². The highest BCUT2D eigenvalue weighted by Gasteiger charge is 2.20. The van der Waals surface area contributed by atoms with E-state index in [4.69, 9.17) is 0 Å². The molecule has 0 atom stereocenters. The fourth-order valence-electron chi connectivity index (χ4n) is 1.58. The third-order valence-electron chi connectivity index (χ3n) is 2.80. The van der Waals surface area contributed by atoms with E-state index in [1.54, 1.807) is 11.3 Å². The van der Waals surface area contributed by atoms with E-state index in [1.807, 2.05) is 23.3 Å². The molecule has 1 fully saturated rings. The predicted molar refractivity (Wildman–Crippen MR) is 84.2 cm³/mol. The largest absolute Gasteiger partial charge is 0.357 e. The number of hydrogen-bond acceptors (Lipinski definition) is 4. The first kappa shape index (κ1) is 14.7. The van der Waals surface area contributed by atoms with Gasteiger partial charge in [-0.25, -0.2) is 4.98 Å². The van der Waals surface area contributed by atoms with Crippen LogP contribution in [0, 0.1) is 5.92 Å². The standard InChI is InChI=1S/C13H22N4S2/c1-2-14-12(17-10-11-4-5-11)15-6-3-8-18-13-16-7-9-19-13/h7,9,11H,2-6,8,10H2,1H3,(H2,14,15,17). The van der Waals surface area contributed by atoms with Crippen molar-refractivity contribution in [3.63, 3.8) is 0 Å². The minimum atomic E-state index is 0.843. The van der Waals surface area contributed by atoms with Gasteiger partial charge in [0.15, 0.2) is 5.96 Å². The van der Waals surface area contributed by atoms with Gasteiger partial charge in [0.05, 0.1) is 0 Å². The Morgan fingerprint density at radius 1 is 1.53 bits per heavy atom. The Kier molecular flexibility index (Phi) is 6.50. The molecule has 0 unspecified atom stereocenters. The number of nitrogens with one attached hydrogen (secondary N) is 2. The van der Waals surface area contributed by atoms with Gasteiger partial charge >= 0.3 is 0 Å². The second-order valence-electron chi connectivity index (χ2n) is 4.59. The maximum absolute atomic E-state index is 4.60. The number of thioether (sulfide) groups is 1. The molecule has 2 N–H and O–H groups in total. The van der Waals surface area contributed by atoms with Crippen LogP contribution in [0.4, 0.5) is 0 Å². The highest BCUT2D eigenvalue weighted by molar-refractivity contribution is 8.00. The zero-order valence-corrected chi connectivity index (χ0v) is 13.0. The third-order valence-corrected chi connectivity index (χ3v) is 4.85. The summed E-state index contributed by atoms with van der Waals surface area (Å²) in [4.78, 5) is 8.86. The smallest absolute Gasteiger partial charge is 0.191 e. The van der Waals surface area contributed by atoms with E-state index in [0.717, 1.165) is 48.0 Å². The van der Waals surface area contributed by atoms with Crippen LogP contribution in [0.15, 0.2) is 20.9 Å². The highest BCUT2D eigenvalue weighted by Crippen LogP contribution is 2.28. The van der Waals surface area contributed by atoms with Gasteiger partial charge in [0.25, 0.3) is 0 Å². The number of thiazole rings is 1. The fraction of sp³-hybridized carbons (Fsp3) is 0.692. The molecule has 0 radical (unpaired) electrons. The molecule has 1 heterocycles. The average Bonchev–Trinajstić information content (AvgIpc) is 3.10. The molecule has 0 amide bonds. The van der Waals surface area contributed by atoms with Gasteiger partial charge in [-0.15, -0.1) is 11.3 Å². The molecule has 0 spiro atoms. The number of aliphatic imine (C=N–C) groups is 1. The summed E-state index contributed by atoms with van der Waals surface area (Å²) in [5.74, 6) is 2.91. The van der Waals surface area contributed by atoms with Crippen molar-refractivity contribution >= 4 is 29.1 Å². The second-order valence-corrected chi connectivity index (χ2v) is 6.83. The van der Waals surface area contributed by atoms with Crippen molar-refractivity contribution in [3.05, 3.63) is 11.6 Å². The maximum atomic E-state index is 4.60. The molecule has 1 saturated carbocycles. The number of guanidine groups is 1. The molecule has 1 aromatic rings. The summed E-state index contributed by atoms with van der Waals surface area (Å²) in [5, 5.41) is 8.71. The molecular weight excluding hydrogens is 276 g/mol. The molecule has 1 aliphatic rings. The van der Waals surface area contributed by atoms with Gasteiger partial charge in [-0.3, -0.25) is 4.99 Å². The predicted octanol–water partition coefficient (Wildman–Crippen LogP) is 2.59. The van der Waals surface area contributed by atoms with E-state index >= 15 is 0 Å². The second kappa shape index (κ2) is 8.43. The number of rotatable bonds is 8. The lowest BCUT2D eigenvalue weighted by molar-refractivity contribution is 0.770. The summed E-state index contributed by atoms with van der Waals surface area (Å²) in [6.45, 7) is 4.97. The lowest BCUT2D eigenvalue weighted by Gasteiger charge is -2.10. The fourth-order valence-corrected chi connectivity index (χ4v) is 3.23. The summed E-state index contributed by atoms with van der Waals surface area (Å²) >= 11 is 3.54. The molecular formula is C13H22N4S2. The summed E-state index contributed by atoms with van der Waals surface area (Å²) in [6, 6.07) is 0. The number of hydrogen-bond donors (Lipinski definition) is 2. The molecule has 1 aromatic heterocycles. The lowest BCUT2D eigenvalue weighted by atomic mass is 10.4. The van der Waals surface area contributed by atoms with Crippen molar-refractivity contribution in [1.29, 1.82) is 0 Å². The zero-order valence-electron chi connectivity index (χ0n) is 11.4. The van der Waals surface area contributed by atoms with Gasteiger partial charge in [-0.1, -0.05) is 11.8 Å². The first-order valence-corrected chi connectivity index (χ1v) is 8.79. The Morgan fingerprint density at radius 3 is 3.11 bits per heavy atom. The minimum absolute atomic E-state index is 0.843. The lowest BCUT2D eigenvalue weighted by Crippen LogP contribution is -2.38. The Balaban J connectivity index is 1.57. The van der Waals surface area contributed by atoms with Crippen LogP contribution in [0.3, 0.4) is 0 Å². The molecule has 1 aliphatic carbocycles. The molecule has 2 rings (SSSR count). The summed E-state index contributed by atoms with van der Waals surface area (Å²) < 4.78 is 1.16. The van der Waals surface area contributed by atoms with Crippen molar-refractivity contribution in [2.45, 2.75) is 30.5 Å². The quantitative estimate of drug-likeness (QED) is 0.335. The Bertz CT molecular complexity index is 374. The van der Waals surface area contributed by atoms with Crippen LogP contribution in [0.5, 0.6) is 0 Å². The molecule has 0 aliphatic heterocycles. The van der Waals surface area contributed by atoms with Crippen LogP contribution >= 0.6 is 23.1 Å². The van der Waals surface area contributed by atoms with Crippen molar-refractivity contribution < 1.29 is 0 Å². The summed E-state index contributed by atoms with van der Waals surface area (Å²) in [7, 11) is 0. The van der Waals surface area contributed by atoms with Crippen LogP contribution < -0.4 is 10.6 Å². The van der Waals surface area contributed by atoms with E-state index in [0.29, 0.717) is 0 Å². The van der Waals surface area contributed by atoms with Gasteiger partial charge < -0.3 is 10.6 Å². The van der Waals surface area contributed by atoms with E-state index in [9.17, 15) is 0 Å². The molecule has 19 heavy (non-hydrogen) atoms. The number of aromatic nitrogens is 1. The average molecular weight is 298 g/mol. The highest BCUT2D eigenvalue weighted by atomic mass is 32.2. The van der Waals surface area contributed by atoms with Crippen LogP contribution in [0.2, 0.25) is 0 Å². The zero-order chi connectivity index (χ0) is 13.3. The monoisotopic (exact) mass is 298 g/mol. The molecule has 4 nitrogen and oxygen atoms in total. The van der Waals surface area contributed by atoms with E-state index in [-0.39, 0.29) is 0 Å². The molecule has 0 saturated heterocycles. The summed E-state index contributed by atoms with van der Waals surface area (Å²) in [6.07, 6.45) is 5.69. The number of nitrogens with zero attached hydrogens (tertiary/aromatic N) is 2. The minimum Gasteiger partial charge on any atom is -0.357 e. The molecule has 0 aromatic carbocycles. The van der Waals surface area contributed by atoms with Crippen molar-refractivity contribution in [2.24, 2.45) is 10.9 Å². The molecule has 106 valence electrons. The van der Waals surface area contributed by atoms with Gasteiger partial charge in [-0.2, -0.15) is 0 Å². The topological polar surface area (TPSA) is 49.3 Å². The molecule has 6 heteroatoms. The van der Waals surface area contributed by atoms with Gasteiger partial charge in [0, 0.05) is 37.0 Å². The van der Waals surface area contributed by atoms with E-state index < -0.39 is 0 Å². The van der Waals surface area contributed by atoms with E-state index in [1.165, 1.54) is 12.8 Å². The Hall–Kier alpha value is -0.750. The van der Waals surface area contributed by atoms with Crippen LogP contribution in [0.1, 0.15) is 26.2 Å². The van der Waals surface area contributed by atoms with Crippen LogP contribution in [-0.2, 0) is 0 Å². The van der Waals surface area contributed by atoms with Gasteiger partial charge in [0.1, 0.15) is 4.34 Å². The first-order chi connectivity index (χ1) is 9.38. The van der Waals surface area contributed by atoms with Crippen molar-refractivity contribution in [1.82, 2.24) is 15.6 Å². The normalized spacial score (nSPS) is 15.5. The van der Waals surface area contributed by atoms with Crippen molar-refractivity contribution in [2.75, 3.05) is 25.4 Å². The van der Waals surface area contributed by atoms with Crippen LogP contribution in [-0.4, -0.2) is 36.3 Å². The van der Waals surface area contributed by atoms with Gasteiger partial charge in [0.2, 0.25) is 0 Å². The van der Waals surface area contributed by atoms with Crippen LogP contribution in [0.25, 0.3) is 0 Å². The Labute approximate surface area is 123 Å². The maximum Gasteiger partial charge on any atom is 0.191 e. The Morgan fingerprint density at radius 2 is 2.42 bits per heavy atom. The first-order valence-electron chi connectivity index (χ1n) is 6.93. The third kappa shape index (κ3) is 6.29.